The number of nitrogens with two attached hydrogens (primary N) is 1. The predicted molar refractivity (Wildman–Crippen MR) is 74.6 cm³/mol. The fraction of sp³-hybridized carbons (Fsp3) is 0.385. The third kappa shape index (κ3) is 3.34. The first kappa shape index (κ1) is 14.9. The van der Waals surface area contributed by atoms with E-state index in [4.69, 9.17) is 10.5 Å². The molecule has 2 rings (SSSR count). The lowest BCUT2D eigenvalue weighted by molar-refractivity contribution is 0.0518. The Kier molecular flexibility index (Phi) is 4.83. The third-order valence-electron chi connectivity index (χ3n) is 2.95. The van der Waals surface area contributed by atoms with E-state index in [2.05, 4.69) is 10.3 Å². The van der Waals surface area contributed by atoms with Crippen LogP contribution in [0.3, 0.4) is 0 Å². The molecular weight excluding hydrogens is 274 g/mol. The zero-order chi connectivity index (χ0) is 15.2. The first-order valence-corrected chi connectivity index (χ1v) is 6.62. The van der Waals surface area contributed by atoms with E-state index in [1.54, 1.807) is 29.8 Å². The average molecular weight is 291 g/mol. The van der Waals surface area contributed by atoms with E-state index < -0.39 is 5.97 Å². The van der Waals surface area contributed by atoms with Gasteiger partial charge in [0.15, 0.2) is 5.69 Å². The second-order valence-corrected chi connectivity index (χ2v) is 4.26. The standard InChI is InChI=1S/C13H17N5O3/c1-2-21-13(20)12-10(9-14)18(16-15-12)8-7-17-6-4-3-5-11(17)19/h3-6H,2,7-9,14H2,1H3. The summed E-state index contributed by atoms with van der Waals surface area (Å²) >= 11 is 0. The number of pyridine rings is 1. The smallest absolute Gasteiger partial charge is 0.360 e. The highest BCUT2D eigenvalue weighted by atomic mass is 16.5. The molecule has 0 aliphatic rings. The van der Waals surface area contributed by atoms with Crippen LogP contribution in [0.4, 0.5) is 0 Å². The number of carbonyl (C=O) groups excluding carboxylic acids is 1. The van der Waals surface area contributed by atoms with E-state index in [1.165, 1.54) is 10.7 Å². The number of rotatable bonds is 6. The molecule has 8 heteroatoms. The van der Waals surface area contributed by atoms with Crippen molar-refractivity contribution >= 4 is 5.97 Å². The monoisotopic (exact) mass is 291 g/mol. The molecule has 0 amide bonds. The lowest BCUT2D eigenvalue weighted by Crippen LogP contribution is -2.22. The Morgan fingerprint density at radius 3 is 2.86 bits per heavy atom. The molecule has 112 valence electrons. The van der Waals surface area contributed by atoms with Gasteiger partial charge in [-0.2, -0.15) is 0 Å². The molecule has 2 aromatic rings. The van der Waals surface area contributed by atoms with Gasteiger partial charge < -0.3 is 15.0 Å². The fourth-order valence-electron chi connectivity index (χ4n) is 1.92. The van der Waals surface area contributed by atoms with Gasteiger partial charge in [-0.3, -0.25) is 4.79 Å². The number of esters is 1. The summed E-state index contributed by atoms with van der Waals surface area (Å²) in [5.74, 6) is -0.541. The molecule has 0 aromatic carbocycles. The van der Waals surface area contributed by atoms with Crippen LogP contribution in [0.15, 0.2) is 29.2 Å². The summed E-state index contributed by atoms with van der Waals surface area (Å²) in [6.45, 7) is 2.90. The maximum Gasteiger partial charge on any atom is 0.360 e. The van der Waals surface area contributed by atoms with Gasteiger partial charge >= 0.3 is 5.97 Å². The molecule has 0 aliphatic carbocycles. The van der Waals surface area contributed by atoms with Crippen LogP contribution in [0.5, 0.6) is 0 Å². The lowest BCUT2D eigenvalue weighted by Gasteiger charge is -2.07. The highest BCUT2D eigenvalue weighted by Crippen LogP contribution is 2.07. The molecule has 0 saturated heterocycles. The number of nitrogens with zero attached hydrogens (tertiary/aromatic N) is 4. The van der Waals surface area contributed by atoms with Gasteiger partial charge in [0.1, 0.15) is 0 Å². The number of carbonyl (C=O) groups is 1. The molecule has 0 unspecified atom stereocenters. The zero-order valence-corrected chi connectivity index (χ0v) is 11.7. The molecule has 0 spiro atoms. The summed E-state index contributed by atoms with van der Waals surface area (Å²) in [7, 11) is 0. The largest absolute Gasteiger partial charge is 0.461 e. The van der Waals surface area contributed by atoms with Crippen molar-refractivity contribution in [3.05, 3.63) is 46.1 Å². The van der Waals surface area contributed by atoms with Gasteiger partial charge in [0.25, 0.3) is 5.56 Å². The Balaban J connectivity index is 2.16. The maximum atomic E-state index is 11.7. The van der Waals surface area contributed by atoms with Crippen LogP contribution in [0, 0.1) is 0 Å². The van der Waals surface area contributed by atoms with Crippen LogP contribution >= 0.6 is 0 Å². The van der Waals surface area contributed by atoms with Gasteiger partial charge in [0.2, 0.25) is 0 Å². The summed E-state index contributed by atoms with van der Waals surface area (Å²) in [5.41, 5.74) is 6.17. The van der Waals surface area contributed by atoms with Crippen molar-refractivity contribution in [1.29, 1.82) is 0 Å². The maximum absolute atomic E-state index is 11.7. The third-order valence-corrected chi connectivity index (χ3v) is 2.95. The van der Waals surface area contributed by atoms with E-state index in [9.17, 15) is 9.59 Å². The van der Waals surface area contributed by atoms with Gasteiger partial charge in [-0.05, 0) is 13.0 Å². The molecule has 0 atom stereocenters. The SMILES string of the molecule is CCOC(=O)c1nnn(CCn2ccccc2=O)c1CN. The highest BCUT2D eigenvalue weighted by Gasteiger charge is 2.19. The van der Waals surface area contributed by atoms with E-state index in [-0.39, 0.29) is 24.4 Å². The van der Waals surface area contributed by atoms with Crippen LogP contribution in [0.2, 0.25) is 0 Å². The molecule has 0 fully saturated rings. The molecule has 0 bridgehead atoms. The average Bonchev–Trinajstić information content (AvgIpc) is 2.89. The van der Waals surface area contributed by atoms with Gasteiger partial charge in [-0.15, -0.1) is 5.10 Å². The summed E-state index contributed by atoms with van der Waals surface area (Å²) < 4.78 is 7.97. The molecule has 2 heterocycles. The van der Waals surface area contributed by atoms with E-state index in [1.807, 2.05) is 0 Å². The molecule has 0 radical (unpaired) electrons. The number of aryl methyl sites for hydroxylation is 2. The Morgan fingerprint density at radius 1 is 1.38 bits per heavy atom. The summed E-state index contributed by atoms with van der Waals surface area (Å²) in [6, 6.07) is 4.93. The number of hydrogen-bond acceptors (Lipinski definition) is 6. The zero-order valence-electron chi connectivity index (χ0n) is 11.7. The highest BCUT2D eigenvalue weighted by molar-refractivity contribution is 5.88. The molecule has 21 heavy (non-hydrogen) atoms. The van der Waals surface area contributed by atoms with Crippen molar-refractivity contribution < 1.29 is 9.53 Å². The fourth-order valence-corrected chi connectivity index (χ4v) is 1.92. The van der Waals surface area contributed by atoms with Gasteiger partial charge in [0, 0.05) is 25.4 Å². The second-order valence-electron chi connectivity index (χ2n) is 4.26. The molecule has 0 saturated carbocycles. The van der Waals surface area contributed by atoms with Crippen LogP contribution in [0.25, 0.3) is 0 Å². The van der Waals surface area contributed by atoms with Crippen molar-refractivity contribution in [2.24, 2.45) is 5.73 Å². The van der Waals surface area contributed by atoms with Crippen molar-refractivity contribution in [1.82, 2.24) is 19.6 Å². The summed E-state index contributed by atoms with van der Waals surface area (Å²) in [6.07, 6.45) is 1.69. The number of hydrogen-bond donors (Lipinski definition) is 1. The Bertz CT molecular complexity index is 676. The van der Waals surface area contributed by atoms with Crippen LogP contribution in [-0.2, 0) is 24.4 Å². The Labute approximate surface area is 121 Å². The molecular formula is C13H17N5O3. The van der Waals surface area contributed by atoms with E-state index in [0.29, 0.717) is 18.8 Å². The van der Waals surface area contributed by atoms with Crippen molar-refractivity contribution in [2.45, 2.75) is 26.6 Å². The lowest BCUT2D eigenvalue weighted by atomic mass is 10.3. The summed E-state index contributed by atoms with van der Waals surface area (Å²) in [4.78, 5) is 23.3. The molecule has 0 aliphatic heterocycles. The van der Waals surface area contributed by atoms with Gasteiger partial charge in [-0.1, -0.05) is 11.3 Å². The topological polar surface area (TPSA) is 105 Å². The molecule has 2 N–H and O–H groups in total. The first-order valence-electron chi connectivity index (χ1n) is 6.62. The van der Waals surface area contributed by atoms with Crippen LogP contribution < -0.4 is 11.3 Å². The minimum atomic E-state index is -0.541. The van der Waals surface area contributed by atoms with Crippen molar-refractivity contribution in [2.75, 3.05) is 6.61 Å². The van der Waals surface area contributed by atoms with Crippen molar-refractivity contribution in [3.8, 4) is 0 Å². The van der Waals surface area contributed by atoms with E-state index >= 15 is 0 Å². The minimum absolute atomic E-state index is 0.0995. The normalized spacial score (nSPS) is 10.6. The van der Waals surface area contributed by atoms with Crippen molar-refractivity contribution in [3.63, 3.8) is 0 Å². The number of ether oxygens (including phenoxy) is 1. The van der Waals surface area contributed by atoms with Gasteiger partial charge in [-0.25, -0.2) is 9.48 Å². The molecule has 8 nitrogen and oxygen atoms in total. The predicted octanol–water partition coefficient (Wildman–Crippen LogP) is -0.225. The summed E-state index contributed by atoms with van der Waals surface area (Å²) in [5, 5.41) is 7.72. The van der Waals surface area contributed by atoms with Crippen LogP contribution in [0.1, 0.15) is 23.1 Å². The number of aromatic nitrogens is 4. The minimum Gasteiger partial charge on any atom is -0.461 e. The quantitative estimate of drug-likeness (QED) is 0.737. The Hall–Kier alpha value is -2.48. The first-order chi connectivity index (χ1) is 10.2. The van der Waals surface area contributed by atoms with Crippen LogP contribution in [-0.4, -0.2) is 32.1 Å². The second kappa shape index (κ2) is 6.80. The van der Waals surface area contributed by atoms with Gasteiger partial charge in [0.05, 0.1) is 18.8 Å². The van der Waals surface area contributed by atoms with E-state index in [0.717, 1.165) is 0 Å². The molecule has 2 aromatic heterocycles. The Morgan fingerprint density at radius 2 is 2.19 bits per heavy atom.